The molecule has 0 aliphatic heterocycles. The van der Waals surface area contributed by atoms with Crippen molar-refractivity contribution < 1.29 is 0 Å². The average molecular weight is 264 g/mol. The highest BCUT2D eigenvalue weighted by Crippen LogP contribution is 2.25. The number of hydrogen-bond acceptors (Lipinski definition) is 6. The molecule has 0 bridgehead atoms. The maximum Gasteiger partial charge on any atom is 0.197 e. The molecular weight excluding hydrogens is 248 g/mol. The third kappa shape index (κ3) is 2.79. The van der Waals surface area contributed by atoms with E-state index in [0.29, 0.717) is 0 Å². The molecule has 96 valence electrons. The smallest absolute Gasteiger partial charge is 0.197 e. The van der Waals surface area contributed by atoms with Gasteiger partial charge in [-0.1, -0.05) is 0 Å². The van der Waals surface area contributed by atoms with E-state index in [0.717, 1.165) is 34.2 Å². The lowest BCUT2D eigenvalue weighted by Crippen LogP contribution is -2.02. The second-order valence-corrected chi connectivity index (χ2v) is 4.85. The van der Waals surface area contributed by atoms with Crippen LogP contribution in [0.15, 0.2) is 16.2 Å². The number of nitrogens with zero attached hydrogens (tertiary/aromatic N) is 5. The van der Waals surface area contributed by atoms with Crippen LogP contribution in [0.25, 0.3) is 0 Å². The van der Waals surface area contributed by atoms with Crippen LogP contribution < -0.4 is 5.32 Å². The number of hydrogen-bond donors (Lipinski definition) is 1. The summed E-state index contributed by atoms with van der Waals surface area (Å²) in [6.45, 7) is 6.68. The molecule has 2 heterocycles. The van der Waals surface area contributed by atoms with Gasteiger partial charge in [-0.2, -0.15) is 0 Å². The SMILES string of the molecule is CCNc1cc(Sc2nnc(C)n2C)nc(C)n1. The second-order valence-electron chi connectivity index (χ2n) is 3.86. The van der Waals surface area contributed by atoms with Gasteiger partial charge in [0.25, 0.3) is 0 Å². The van der Waals surface area contributed by atoms with E-state index in [1.165, 1.54) is 11.8 Å². The predicted octanol–water partition coefficient (Wildman–Crippen LogP) is 1.80. The van der Waals surface area contributed by atoms with Gasteiger partial charge in [0.2, 0.25) is 0 Å². The standard InChI is InChI=1S/C11H16N6S/c1-5-12-9-6-10(14-7(2)13-9)18-11-16-15-8(3)17(11)4/h6H,5H2,1-4H3,(H,12,13,14). The lowest BCUT2D eigenvalue weighted by Gasteiger charge is -2.06. The summed E-state index contributed by atoms with van der Waals surface area (Å²) in [5, 5.41) is 13.0. The Bertz CT molecular complexity index is 550. The summed E-state index contributed by atoms with van der Waals surface area (Å²) in [5.41, 5.74) is 0. The van der Waals surface area contributed by atoms with Gasteiger partial charge in [-0.3, -0.25) is 0 Å². The molecule has 0 radical (unpaired) electrons. The highest BCUT2D eigenvalue weighted by Gasteiger charge is 2.09. The Hall–Kier alpha value is -1.63. The minimum atomic E-state index is 0.745. The molecule has 0 amide bonds. The van der Waals surface area contributed by atoms with Crippen LogP contribution >= 0.6 is 11.8 Å². The van der Waals surface area contributed by atoms with E-state index >= 15 is 0 Å². The number of aryl methyl sites for hydroxylation is 2. The molecular formula is C11H16N6S. The van der Waals surface area contributed by atoms with Gasteiger partial charge in [0, 0.05) is 19.7 Å². The quantitative estimate of drug-likeness (QED) is 0.849. The molecule has 18 heavy (non-hydrogen) atoms. The Labute approximate surface area is 110 Å². The van der Waals surface area contributed by atoms with Gasteiger partial charge in [0.05, 0.1) is 0 Å². The summed E-state index contributed by atoms with van der Waals surface area (Å²) in [7, 11) is 1.94. The molecule has 0 aromatic carbocycles. The van der Waals surface area contributed by atoms with Crippen molar-refractivity contribution >= 4 is 17.6 Å². The first-order valence-corrected chi connectivity index (χ1v) is 6.55. The summed E-state index contributed by atoms with van der Waals surface area (Å²) in [4.78, 5) is 8.71. The topological polar surface area (TPSA) is 68.5 Å². The fourth-order valence-electron chi connectivity index (χ4n) is 1.43. The number of aromatic nitrogens is 5. The molecule has 0 saturated carbocycles. The molecule has 2 rings (SSSR count). The Kier molecular flexibility index (Phi) is 3.81. The number of rotatable bonds is 4. The summed E-state index contributed by atoms with van der Waals surface area (Å²) in [6.07, 6.45) is 0. The van der Waals surface area contributed by atoms with E-state index in [2.05, 4.69) is 25.5 Å². The van der Waals surface area contributed by atoms with E-state index in [1.807, 2.05) is 38.5 Å². The van der Waals surface area contributed by atoms with Gasteiger partial charge in [0.15, 0.2) is 5.16 Å². The van der Waals surface area contributed by atoms with Gasteiger partial charge < -0.3 is 9.88 Å². The van der Waals surface area contributed by atoms with Crippen LogP contribution in [0.5, 0.6) is 0 Å². The Morgan fingerprint density at radius 3 is 2.67 bits per heavy atom. The Morgan fingerprint density at radius 2 is 2.06 bits per heavy atom. The van der Waals surface area contributed by atoms with Crippen molar-refractivity contribution in [3.05, 3.63) is 17.7 Å². The molecule has 0 aliphatic rings. The average Bonchev–Trinajstić information content (AvgIpc) is 2.61. The second kappa shape index (κ2) is 5.34. The minimum Gasteiger partial charge on any atom is -0.370 e. The zero-order valence-corrected chi connectivity index (χ0v) is 11.7. The first-order valence-electron chi connectivity index (χ1n) is 5.73. The van der Waals surface area contributed by atoms with Gasteiger partial charge >= 0.3 is 0 Å². The van der Waals surface area contributed by atoms with Gasteiger partial charge in [-0.05, 0) is 32.5 Å². The van der Waals surface area contributed by atoms with Crippen LogP contribution in [-0.4, -0.2) is 31.3 Å². The molecule has 7 heteroatoms. The Morgan fingerprint density at radius 1 is 1.28 bits per heavy atom. The van der Waals surface area contributed by atoms with E-state index < -0.39 is 0 Å². The highest BCUT2D eigenvalue weighted by atomic mass is 32.2. The molecule has 0 saturated heterocycles. The van der Waals surface area contributed by atoms with Gasteiger partial charge in [-0.25, -0.2) is 9.97 Å². The monoisotopic (exact) mass is 264 g/mol. The zero-order valence-electron chi connectivity index (χ0n) is 10.9. The molecule has 1 N–H and O–H groups in total. The first kappa shape index (κ1) is 12.8. The largest absolute Gasteiger partial charge is 0.370 e. The van der Waals surface area contributed by atoms with Crippen LogP contribution in [0.2, 0.25) is 0 Å². The van der Waals surface area contributed by atoms with Gasteiger partial charge in [-0.15, -0.1) is 10.2 Å². The summed E-state index contributed by atoms with van der Waals surface area (Å²) in [5.74, 6) is 2.47. The molecule has 6 nitrogen and oxygen atoms in total. The van der Waals surface area contributed by atoms with Crippen molar-refractivity contribution in [2.45, 2.75) is 31.0 Å². The van der Waals surface area contributed by atoms with Crippen LogP contribution in [0.4, 0.5) is 5.82 Å². The molecule has 2 aromatic heterocycles. The minimum absolute atomic E-state index is 0.745. The molecule has 2 aromatic rings. The van der Waals surface area contributed by atoms with Crippen molar-refractivity contribution in [3.8, 4) is 0 Å². The normalized spacial score (nSPS) is 10.7. The molecule has 0 atom stereocenters. The van der Waals surface area contributed by atoms with E-state index in [9.17, 15) is 0 Å². The molecule has 0 fully saturated rings. The van der Waals surface area contributed by atoms with Crippen molar-refractivity contribution in [2.75, 3.05) is 11.9 Å². The van der Waals surface area contributed by atoms with E-state index in [4.69, 9.17) is 0 Å². The summed E-state index contributed by atoms with van der Waals surface area (Å²) in [6, 6.07) is 1.92. The zero-order chi connectivity index (χ0) is 13.1. The molecule has 0 aliphatic carbocycles. The Balaban J connectivity index is 2.26. The number of anilines is 1. The maximum absolute atomic E-state index is 4.39. The van der Waals surface area contributed by atoms with Gasteiger partial charge in [0.1, 0.15) is 22.5 Å². The maximum atomic E-state index is 4.39. The van der Waals surface area contributed by atoms with Crippen LogP contribution in [-0.2, 0) is 7.05 Å². The highest BCUT2D eigenvalue weighted by molar-refractivity contribution is 7.99. The van der Waals surface area contributed by atoms with Crippen LogP contribution in [0.3, 0.4) is 0 Å². The van der Waals surface area contributed by atoms with Crippen LogP contribution in [0.1, 0.15) is 18.6 Å². The van der Waals surface area contributed by atoms with Crippen molar-refractivity contribution in [1.82, 2.24) is 24.7 Å². The fraction of sp³-hybridized carbons (Fsp3) is 0.455. The van der Waals surface area contributed by atoms with E-state index in [1.54, 1.807) is 0 Å². The molecule has 0 unspecified atom stereocenters. The third-order valence-electron chi connectivity index (χ3n) is 2.42. The third-order valence-corrected chi connectivity index (χ3v) is 3.38. The van der Waals surface area contributed by atoms with E-state index in [-0.39, 0.29) is 0 Å². The summed E-state index contributed by atoms with van der Waals surface area (Å²) >= 11 is 1.49. The van der Waals surface area contributed by atoms with Crippen molar-refractivity contribution in [1.29, 1.82) is 0 Å². The molecule has 0 spiro atoms. The lowest BCUT2D eigenvalue weighted by atomic mass is 10.5. The fourth-order valence-corrected chi connectivity index (χ4v) is 2.32. The first-order chi connectivity index (χ1) is 8.60. The van der Waals surface area contributed by atoms with Crippen molar-refractivity contribution in [3.63, 3.8) is 0 Å². The number of nitrogens with one attached hydrogen (secondary N) is 1. The summed E-state index contributed by atoms with van der Waals surface area (Å²) < 4.78 is 1.94. The van der Waals surface area contributed by atoms with Crippen LogP contribution in [0, 0.1) is 13.8 Å². The van der Waals surface area contributed by atoms with Crippen molar-refractivity contribution in [2.24, 2.45) is 7.05 Å². The predicted molar refractivity (Wildman–Crippen MR) is 70.8 cm³/mol. The lowest BCUT2D eigenvalue weighted by molar-refractivity contribution is 0.764.